The number of imide groups is 1. The van der Waals surface area contributed by atoms with Gasteiger partial charge in [0.1, 0.15) is 13.2 Å². The molecule has 13 heteroatoms. The molecule has 1 aliphatic rings. The fourth-order valence-corrected chi connectivity index (χ4v) is 3.11. The smallest absolute Gasteiger partial charge is 0.405 e. The molecule has 9 nitrogen and oxygen atoms in total. The van der Waals surface area contributed by atoms with Gasteiger partial charge in [-0.2, -0.15) is 13.2 Å². The van der Waals surface area contributed by atoms with E-state index in [4.69, 9.17) is 9.47 Å². The summed E-state index contributed by atoms with van der Waals surface area (Å²) in [4.78, 5) is 23.0. The maximum Gasteiger partial charge on any atom is 0.405 e. The second-order valence-corrected chi connectivity index (χ2v) is 6.84. The summed E-state index contributed by atoms with van der Waals surface area (Å²) in [6, 6.07) is 5.97. The molecule has 3 amide bonds. The van der Waals surface area contributed by atoms with Gasteiger partial charge in [0.05, 0.1) is 5.75 Å². The summed E-state index contributed by atoms with van der Waals surface area (Å²) in [5, 5.41) is 11.8. The van der Waals surface area contributed by atoms with E-state index in [-0.39, 0.29) is 12.4 Å². The van der Waals surface area contributed by atoms with Crippen LogP contribution < -0.4 is 20.1 Å². The highest BCUT2D eigenvalue weighted by Gasteiger charge is 2.29. The Morgan fingerprint density at radius 3 is 2.72 bits per heavy atom. The van der Waals surface area contributed by atoms with Gasteiger partial charge in [-0.1, -0.05) is 23.9 Å². The molecule has 1 unspecified atom stereocenters. The Morgan fingerprint density at radius 2 is 2.00 bits per heavy atom. The maximum absolute atomic E-state index is 12.0. The first-order chi connectivity index (χ1) is 13.7. The van der Waals surface area contributed by atoms with Gasteiger partial charge in [0.25, 0.3) is 0 Å². The molecule has 29 heavy (non-hydrogen) atoms. The van der Waals surface area contributed by atoms with Crippen molar-refractivity contribution in [3.63, 3.8) is 0 Å². The molecular formula is C16H16F3N5O4S. The minimum absolute atomic E-state index is 0.230. The minimum Gasteiger partial charge on any atom is -0.485 e. The lowest BCUT2D eigenvalue weighted by Crippen LogP contribution is -2.43. The van der Waals surface area contributed by atoms with Gasteiger partial charge in [0.2, 0.25) is 5.91 Å². The number of nitrogens with zero attached hydrogens (tertiary/aromatic N) is 3. The third kappa shape index (κ3) is 5.53. The highest BCUT2D eigenvalue weighted by atomic mass is 32.2. The molecular weight excluding hydrogens is 415 g/mol. The molecule has 0 spiro atoms. The summed E-state index contributed by atoms with van der Waals surface area (Å²) in [5.41, 5.74) is 0. The largest absolute Gasteiger partial charge is 0.485 e. The number of hydrogen-bond donors (Lipinski definition) is 2. The SMILES string of the molecule is Cn1c(SCC(=O)NC(=O)NCC(F)(F)F)nnc1C1COc2ccccc2O1. The molecule has 156 valence electrons. The van der Waals surface area contributed by atoms with Gasteiger partial charge in [-0.25, -0.2) is 4.79 Å². The Bertz CT molecular complexity index is 905. The van der Waals surface area contributed by atoms with Crippen LogP contribution >= 0.6 is 11.8 Å². The van der Waals surface area contributed by atoms with Gasteiger partial charge >= 0.3 is 12.2 Å². The Labute approximate surface area is 166 Å². The first-order valence-electron chi connectivity index (χ1n) is 8.28. The van der Waals surface area contributed by atoms with Crippen LogP contribution in [0.3, 0.4) is 0 Å². The van der Waals surface area contributed by atoms with Crippen LogP contribution in [0.2, 0.25) is 0 Å². The van der Waals surface area contributed by atoms with Crippen LogP contribution in [-0.4, -0.2) is 51.8 Å². The van der Waals surface area contributed by atoms with E-state index in [9.17, 15) is 22.8 Å². The number of amides is 3. The molecule has 0 saturated heterocycles. The van der Waals surface area contributed by atoms with Gasteiger partial charge < -0.3 is 19.4 Å². The van der Waals surface area contributed by atoms with E-state index in [1.165, 1.54) is 0 Å². The molecule has 1 aromatic heterocycles. The molecule has 0 radical (unpaired) electrons. The number of carbonyl (C=O) groups excluding carboxylic acids is 2. The average Bonchev–Trinajstić information content (AvgIpc) is 3.04. The van der Waals surface area contributed by atoms with Gasteiger partial charge in [-0.05, 0) is 12.1 Å². The first kappa shape index (κ1) is 20.8. The number of hydrogen-bond acceptors (Lipinski definition) is 7. The number of para-hydroxylation sites is 2. The lowest BCUT2D eigenvalue weighted by Gasteiger charge is -2.25. The number of benzene rings is 1. The van der Waals surface area contributed by atoms with Crippen molar-refractivity contribution in [1.29, 1.82) is 0 Å². The molecule has 0 fully saturated rings. The first-order valence-corrected chi connectivity index (χ1v) is 9.26. The quantitative estimate of drug-likeness (QED) is 0.696. The summed E-state index contributed by atoms with van der Waals surface area (Å²) in [5.74, 6) is 0.665. The van der Waals surface area contributed by atoms with Crippen molar-refractivity contribution < 1.29 is 32.2 Å². The number of aromatic nitrogens is 3. The molecule has 3 rings (SSSR count). The summed E-state index contributed by atoms with van der Waals surface area (Å²) in [6.07, 6.45) is -5.06. The fourth-order valence-electron chi connectivity index (χ4n) is 2.40. The molecule has 2 heterocycles. The van der Waals surface area contributed by atoms with Crippen LogP contribution in [0.15, 0.2) is 29.4 Å². The zero-order valence-corrected chi connectivity index (χ0v) is 15.8. The lowest BCUT2D eigenvalue weighted by molar-refractivity contribution is -0.124. The van der Waals surface area contributed by atoms with E-state index in [0.29, 0.717) is 22.5 Å². The normalized spacial score (nSPS) is 15.7. The molecule has 2 aromatic rings. The Balaban J connectivity index is 1.52. The monoisotopic (exact) mass is 431 g/mol. The third-order valence-corrected chi connectivity index (χ3v) is 4.72. The van der Waals surface area contributed by atoms with Crippen molar-refractivity contribution in [2.24, 2.45) is 7.05 Å². The number of nitrogens with one attached hydrogen (secondary N) is 2. The molecule has 0 bridgehead atoms. The van der Waals surface area contributed by atoms with Gasteiger partial charge in [0, 0.05) is 7.05 Å². The summed E-state index contributed by atoms with van der Waals surface area (Å²) >= 11 is 0.970. The van der Waals surface area contributed by atoms with Crippen molar-refractivity contribution in [3.05, 3.63) is 30.1 Å². The van der Waals surface area contributed by atoms with Crippen LogP contribution in [-0.2, 0) is 11.8 Å². The maximum atomic E-state index is 12.0. The number of ether oxygens (including phenoxy) is 2. The number of halogens is 3. The lowest BCUT2D eigenvalue weighted by atomic mass is 10.2. The summed E-state index contributed by atoms with van der Waals surface area (Å²) in [6.45, 7) is -1.30. The molecule has 2 N–H and O–H groups in total. The number of alkyl halides is 3. The number of fused-ring (bicyclic) bond motifs is 1. The van der Waals surface area contributed by atoms with E-state index in [1.807, 2.05) is 17.4 Å². The van der Waals surface area contributed by atoms with Crippen molar-refractivity contribution >= 4 is 23.7 Å². The molecule has 1 aromatic carbocycles. The number of carbonyl (C=O) groups is 2. The topological polar surface area (TPSA) is 107 Å². The van der Waals surface area contributed by atoms with Crippen LogP contribution in [0.4, 0.5) is 18.0 Å². The fraction of sp³-hybridized carbons (Fsp3) is 0.375. The van der Waals surface area contributed by atoms with Gasteiger partial charge in [-0.15, -0.1) is 10.2 Å². The van der Waals surface area contributed by atoms with E-state index in [2.05, 4.69) is 10.2 Å². The van der Waals surface area contributed by atoms with Gasteiger partial charge in [0.15, 0.2) is 28.6 Å². The average molecular weight is 431 g/mol. The second kappa shape index (κ2) is 8.59. The summed E-state index contributed by atoms with van der Waals surface area (Å²) < 4.78 is 49.2. The zero-order chi connectivity index (χ0) is 21.0. The van der Waals surface area contributed by atoms with Gasteiger partial charge in [-0.3, -0.25) is 10.1 Å². The van der Waals surface area contributed by atoms with Crippen LogP contribution in [0.1, 0.15) is 11.9 Å². The van der Waals surface area contributed by atoms with E-state index >= 15 is 0 Å². The molecule has 1 atom stereocenters. The zero-order valence-electron chi connectivity index (χ0n) is 15.0. The summed E-state index contributed by atoms with van der Waals surface area (Å²) in [7, 11) is 1.68. The highest BCUT2D eigenvalue weighted by molar-refractivity contribution is 7.99. The Morgan fingerprint density at radius 1 is 1.28 bits per heavy atom. The minimum atomic E-state index is -4.56. The van der Waals surface area contributed by atoms with Crippen LogP contribution in [0, 0.1) is 0 Å². The number of urea groups is 1. The molecule has 1 aliphatic heterocycles. The van der Waals surface area contributed by atoms with Crippen molar-refractivity contribution in [3.8, 4) is 11.5 Å². The predicted octanol–water partition coefficient (Wildman–Crippen LogP) is 1.81. The Hall–Kier alpha value is -2.96. The second-order valence-electron chi connectivity index (χ2n) is 5.90. The Kier molecular flexibility index (Phi) is 6.15. The van der Waals surface area contributed by atoms with Crippen molar-refractivity contribution in [2.75, 3.05) is 18.9 Å². The molecule has 0 saturated carbocycles. The predicted molar refractivity (Wildman–Crippen MR) is 94.6 cm³/mol. The molecule has 0 aliphatic carbocycles. The standard InChI is InChI=1S/C16H16F3N5O4S/c1-24-13(11-6-27-9-4-2-3-5-10(9)28-11)22-23-15(24)29-7-12(25)21-14(26)20-8-16(17,18)19/h2-5,11H,6-8H2,1H3,(H2,20,21,25,26). The van der Waals surface area contributed by atoms with E-state index in [0.717, 1.165) is 11.8 Å². The number of rotatable bonds is 5. The van der Waals surface area contributed by atoms with E-state index < -0.39 is 30.8 Å². The number of thioether (sulfide) groups is 1. The van der Waals surface area contributed by atoms with E-state index in [1.54, 1.807) is 29.1 Å². The third-order valence-electron chi connectivity index (χ3n) is 3.70. The van der Waals surface area contributed by atoms with Crippen molar-refractivity contribution in [2.45, 2.75) is 17.4 Å². The van der Waals surface area contributed by atoms with Crippen molar-refractivity contribution in [1.82, 2.24) is 25.4 Å². The highest BCUT2D eigenvalue weighted by Crippen LogP contribution is 2.35. The van der Waals surface area contributed by atoms with Crippen LogP contribution in [0.5, 0.6) is 11.5 Å². The van der Waals surface area contributed by atoms with Crippen LogP contribution in [0.25, 0.3) is 0 Å².